The topological polar surface area (TPSA) is 101 Å². The Morgan fingerprint density at radius 2 is 2.03 bits per heavy atom. The van der Waals surface area contributed by atoms with Gasteiger partial charge in [-0.2, -0.15) is 0 Å². The van der Waals surface area contributed by atoms with Crippen molar-refractivity contribution >= 4 is 11.7 Å². The van der Waals surface area contributed by atoms with Crippen LogP contribution in [0.15, 0.2) is 12.1 Å². The summed E-state index contributed by atoms with van der Waals surface area (Å²) in [6, 6.07) is 3.48. The highest BCUT2D eigenvalue weighted by Gasteiger charge is 2.61. The van der Waals surface area contributed by atoms with Crippen molar-refractivity contribution in [1.29, 1.82) is 0 Å². The summed E-state index contributed by atoms with van der Waals surface area (Å²) in [5, 5.41) is 23.4. The molecule has 32 heavy (non-hydrogen) atoms. The number of carbonyl (C=O) groups excluding carboxylic acids is 2. The molecular formula is C27H39NO4. The number of fused-ring (bicyclic) bond motifs is 3. The lowest BCUT2D eigenvalue weighted by Gasteiger charge is -2.58. The normalized spacial score (nSPS) is 30.5. The van der Waals surface area contributed by atoms with E-state index in [9.17, 15) is 19.8 Å². The molecule has 3 aliphatic rings. The number of Topliss-reactive ketones (excluding diaryl/α,β-unsaturated/α-hetero) is 1. The molecule has 0 bridgehead atoms. The summed E-state index contributed by atoms with van der Waals surface area (Å²) in [6.07, 6.45) is 10.2. The van der Waals surface area contributed by atoms with E-state index in [-0.39, 0.29) is 29.4 Å². The number of phenols is 1. The Morgan fingerprint density at radius 3 is 2.69 bits per heavy atom. The fourth-order valence-electron chi connectivity index (χ4n) is 6.97. The van der Waals surface area contributed by atoms with E-state index >= 15 is 0 Å². The highest BCUT2D eigenvalue weighted by atomic mass is 16.3. The predicted molar refractivity (Wildman–Crippen MR) is 125 cm³/mol. The number of primary amides is 1. The number of unbranched alkanes of at least 4 members (excludes halogenated alkanes) is 1. The lowest BCUT2D eigenvalue weighted by molar-refractivity contribution is -0.151. The van der Waals surface area contributed by atoms with Gasteiger partial charge in [0.2, 0.25) is 0 Å². The van der Waals surface area contributed by atoms with Crippen LogP contribution in [0.25, 0.3) is 0 Å². The van der Waals surface area contributed by atoms with E-state index < -0.39 is 16.9 Å². The predicted octanol–water partition coefficient (Wildman–Crippen LogP) is 4.79. The Kier molecular flexibility index (Phi) is 6.41. The van der Waals surface area contributed by atoms with Crippen molar-refractivity contribution < 1.29 is 19.8 Å². The number of aromatic hydroxyl groups is 1. The molecule has 4 N–H and O–H groups in total. The molecule has 1 aromatic carbocycles. The second-order valence-electron chi connectivity index (χ2n) is 10.8. The first-order valence-electron chi connectivity index (χ1n) is 12.6. The van der Waals surface area contributed by atoms with E-state index in [0.717, 1.165) is 36.7 Å². The largest absolute Gasteiger partial charge is 0.507 e. The van der Waals surface area contributed by atoms with Crippen LogP contribution in [0, 0.1) is 17.8 Å². The van der Waals surface area contributed by atoms with Crippen LogP contribution < -0.4 is 5.73 Å². The number of hydrogen-bond acceptors (Lipinski definition) is 4. The fraction of sp³-hybridized carbons (Fsp3) is 0.704. The molecule has 4 rings (SSSR count). The molecule has 2 fully saturated rings. The summed E-state index contributed by atoms with van der Waals surface area (Å²) in [5.74, 6) is 1.06. The Balaban J connectivity index is 1.68. The number of carbonyl (C=O) groups is 2. The third kappa shape index (κ3) is 3.87. The Hall–Kier alpha value is -1.88. The van der Waals surface area contributed by atoms with Crippen LogP contribution in [0.5, 0.6) is 5.75 Å². The number of nitrogens with two attached hydrogens (primary N) is 1. The SMILES string of the molecule is CCCC12CC(=O)CCC1(O)C(CCCCC(C)C1CC1)Cc1ccc(C(N)=O)c(O)c12. The van der Waals surface area contributed by atoms with Crippen LogP contribution in [-0.4, -0.2) is 27.5 Å². The minimum atomic E-state index is -1.06. The van der Waals surface area contributed by atoms with Gasteiger partial charge in [-0.1, -0.05) is 45.6 Å². The fourth-order valence-corrected chi connectivity index (χ4v) is 6.97. The zero-order chi connectivity index (χ0) is 23.1. The molecule has 5 nitrogen and oxygen atoms in total. The zero-order valence-electron chi connectivity index (χ0n) is 19.7. The first kappa shape index (κ1) is 23.3. The number of aliphatic hydroxyl groups is 1. The molecule has 5 heteroatoms. The first-order chi connectivity index (χ1) is 15.2. The van der Waals surface area contributed by atoms with Crippen LogP contribution in [-0.2, 0) is 16.6 Å². The van der Waals surface area contributed by atoms with Crippen LogP contribution in [0.4, 0.5) is 0 Å². The quantitative estimate of drug-likeness (QED) is 0.480. The van der Waals surface area contributed by atoms with Gasteiger partial charge in [0, 0.05) is 23.8 Å². The Labute approximate surface area is 191 Å². The van der Waals surface area contributed by atoms with Gasteiger partial charge in [0.25, 0.3) is 5.91 Å². The van der Waals surface area contributed by atoms with Gasteiger partial charge in [-0.25, -0.2) is 0 Å². The molecule has 0 aromatic heterocycles. The summed E-state index contributed by atoms with van der Waals surface area (Å²) in [5.41, 5.74) is 5.25. The van der Waals surface area contributed by atoms with E-state index in [1.165, 1.54) is 25.7 Å². The van der Waals surface area contributed by atoms with Crippen molar-refractivity contribution in [2.45, 2.75) is 102 Å². The summed E-state index contributed by atoms with van der Waals surface area (Å²) in [4.78, 5) is 24.7. The Bertz CT molecular complexity index is 892. The molecule has 0 saturated heterocycles. The number of rotatable bonds is 9. The number of hydrogen-bond donors (Lipinski definition) is 3. The summed E-state index contributed by atoms with van der Waals surface area (Å²) < 4.78 is 0. The van der Waals surface area contributed by atoms with E-state index in [1.54, 1.807) is 6.07 Å². The molecule has 0 heterocycles. The maximum absolute atomic E-state index is 12.7. The average Bonchev–Trinajstić information content (AvgIpc) is 3.58. The first-order valence-corrected chi connectivity index (χ1v) is 12.6. The van der Waals surface area contributed by atoms with Crippen molar-refractivity contribution in [3.63, 3.8) is 0 Å². The molecule has 176 valence electrons. The lowest BCUT2D eigenvalue weighted by atomic mass is 9.48. The second-order valence-corrected chi connectivity index (χ2v) is 10.8. The minimum absolute atomic E-state index is 0.0460. The van der Waals surface area contributed by atoms with Gasteiger partial charge in [-0.15, -0.1) is 0 Å². The van der Waals surface area contributed by atoms with Gasteiger partial charge >= 0.3 is 0 Å². The van der Waals surface area contributed by atoms with E-state index in [1.807, 2.05) is 13.0 Å². The molecule has 0 spiro atoms. The molecule has 0 aliphatic heterocycles. The van der Waals surface area contributed by atoms with Crippen LogP contribution >= 0.6 is 0 Å². The maximum Gasteiger partial charge on any atom is 0.252 e. The number of benzene rings is 1. The van der Waals surface area contributed by atoms with Crippen molar-refractivity contribution in [2.24, 2.45) is 23.5 Å². The molecule has 1 aromatic rings. The van der Waals surface area contributed by atoms with Gasteiger partial charge in [0.1, 0.15) is 11.5 Å². The third-order valence-corrected chi connectivity index (χ3v) is 8.83. The van der Waals surface area contributed by atoms with E-state index in [0.29, 0.717) is 31.2 Å². The number of amides is 1. The van der Waals surface area contributed by atoms with Gasteiger partial charge in [0.15, 0.2) is 0 Å². The highest BCUT2D eigenvalue weighted by Crippen LogP contribution is 2.59. The summed E-state index contributed by atoms with van der Waals surface area (Å²) in [6.45, 7) is 4.41. The molecule has 1 amide bonds. The van der Waals surface area contributed by atoms with Crippen LogP contribution in [0.2, 0.25) is 0 Å². The van der Waals surface area contributed by atoms with Gasteiger partial charge in [-0.3, -0.25) is 9.59 Å². The monoisotopic (exact) mass is 441 g/mol. The lowest BCUT2D eigenvalue weighted by Crippen LogP contribution is -2.63. The maximum atomic E-state index is 12.7. The van der Waals surface area contributed by atoms with Crippen molar-refractivity contribution in [3.8, 4) is 5.75 Å². The molecule has 4 unspecified atom stereocenters. The zero-order valence-corrected chi connectivity index (χ0v) is 19.7. The smallest absolute Gasteiger partial charge is 0.252 e. The summed E-state index contributed by atoms with van der Waals surface area (Å²) in [7, 11) is 0. The minimum Gasteiger partial charge on any atom is -0.507 e. The molecular weight excluding hydrogens is 402 g/mol. The van der Waals surface area contributed by atoms with E-state index in [2.05, 4.69) is 6.92 Å². The molecule has 0 radical (unpaired) electrons. The van der Waals surface area contributed by atoms with Gasteiger partial charge in [-0.05, 0) is 67.9 Å². The molecule has 2 saturated carbocycles. The summed E-state index contributed by atoms with van der Waals surface area (Å²) >= 11 is 0. The molecule has 3 aliphatic carbocycles. The van der Waals surface area contributed by atoms with Crippen molar-refractivity contribution in [1.82, 2.24) is 0 Å². The van der Waals surface area contributed by atoms with Crippen molar-refractivity contribution in [2.75, 3.05) is 0 Å². The van der Waals surface area contributed by atoms with Crippen LogP contribution in [0.3, 0.4) is 0 Å². The van der Waals surface area contributed by atoms with Crippen molar-refractivity contribution in [3.05, 3.63) is 28.8 Å². The van der Waals surface area contributed by atoms with E-state index in [4.69, 9.17) is 5.73 Å². The van der Waals surface area contributed by atoms with Gasteiger partial charge in [0.05, 0.1) is 11.2 Å². The van der Waals surface area contributed by atoms with Crippen LogP contribution in [0.1, 0.15) is 106 Å². The molecule has 4 atom stereocenters. The third-order valence-electron chi connectivity index (χ3n) is 8.83. The standard InChI is InChI=1S/C27H39NO4/c1-3-13-26-16-21(29)12-14-27(26,32)20(7-5-4-6-17(2)18-8-9-18)15-19-10-11-22(25(28)31)24(30)23(19)26/h10-11,17-18,20,30,32H,3-9,12-16H2,1-2H3,(H2,28,31). The average molecular weight is 442 g/mol. The van der Waals surface area contributed by atoms with Gasteiger partial charge < -0.3 is 15.9 Å². The number of ketones is 1. The second kappa shape index (κ2) is 8.81. The highest BCUT2D eigenvalue weighted by molar-refractivity contribution is 5.96. The Morgan fingerprint density at radius 1 is 1.28 bits per heavy atom.